The number of aromatic nitrogens is 3. The minimum Gasteiger partial charge on any atom is -0.360 e. The Hall–Kier alpha value is -1.32. The van der Waals surface area contributed by atoms with E-state index in [0.29, 0.717) is 6.73 Å². The molecule has 26 heavy (non-hydrogen) atoms. The molecule has 2 aromatic heterocycles. The number of hydrogen-bond acceptors (Lipinski definition) is 6. The van der Waals surface area contributed by atoms with Crippen molar-refractivity contribution in [1.29, 1.82) is 0 Å². The average Bonchev–Trinajstić information content (AvgIpc) is 3.23. The van der Waals surface area contributed by atoms with Crippen LogP contribution in [-0.4, -0.2) is 67.1 Å². The third-order valence-corrected chi connectivity index (χ3v) is 6.89. The molecule has 3 rings (SSSR count). The summed E-state index contributed by atoms with van der Waals surface area (Å²) in [5, 5.41) is 7.52. The molecule has 6 nitrogen and oxygen atoms in total. The smallest absolute Gasteiger partial charge is 0.181 e. The van der Waals surface area contributed by atoms with E-state index in [2.05, 4.69) is 52.1 Å². The fourth-order valence-corrected chi connectivity index (χ4v) is 4.21. The standard InChI is InChI=1S/C17H28BN5OSSi/c1-18-15-11-23-14(9-19-16(23)17(21-15)25-2)13-8-20-22(10-13)12-24-6-7-26(3,4)5/h8-9,11,13,18H,6-7,10,12H2,1-5H3. The number of rotatable bonds is 8. The van der Waals surface area contributed by atoms with Gasteiger partial charge in [0.15, 0.2) is 12.9 Å². The van der Waals surface area contributed by atoms with Crippen molar-refractivity contribution in [3.8, 4) is 0 Å². The van der Waals surface area contributed by atoms with E-state index in [4.69, 9.17) is 4.74 Å². The van der Waals surface area contributed by atoms with Gasteiger partial charge in [0.2, 0.25) is 0 Å². The Morgan fingerprint density at radius 2 is 2.19 bits per heavy atom. The van der Waals surface area contributed by atoms with Crippen LogP contribution in [0.1, 0.15) is 11.6 Å². The van der Waals surface area contributed by atoms with Crippen molar-refractivity contribution >= 4 is 44.6 Å². The normalized spacial score (nSPS) is 17.4. The molecule has 9 heteroatoms. The third-order valence-electron chi connectivity index (χ3n) is 4.53. The summed E-state index contributed by atoms with van der Waals surface area (Å²) in [6.07, 6.45) is 8.13. The minimum atomic E-state index is -1.04. The van der Waals surface area contributed by atoms with E-state index >= 15 is 0 Å². The zero-order valence-corrected chi connectivity index (χ0v) is 18.2. The summed E-state index contributed by atoms with van der Waals surface area (Å²) in [6, 6.07) is 1.19. The zero-order chi connectivity index (χ0) is 18.7. The van der Waals surface area contributed by atoms with Gasteiger partial charge in [0, 0.05) is 32.7 Å². The number of hydrazone groups is 1. The van der Waals surface area contributed by atoms with Gasteiger partial charge in [-0.2, -0.15) is 5.10 Å². The molecule has 0 radical (unpaired) electrons. The van der Waals surface area contributed by atoms with Gasteiger partial charge in [-0.3, -0.25) is 9.99 Å². The lowest BCUT2D eigenvalue weighted by Crippen LogP contribution is -2.25. The van der Waals surface area contributed by atoms with Gasteiger partial charge in [-0.15, -0.1) is 11.8 Å². The Labute approximate surface area is 161 Å². The van der Waals surface area contributed by atoms with Gasteiger partial charge in [0.05, 0.1) is 24.4 Å². The molecule has 1 aliphatic heterocycles. The number of fused-ring (bicyclic) bond motifs is 1. The fraction of sp³-hybridized carbons (Fsp3) is 0.588. The highest BCUT2D eigenvalue weighted by atomic mass is 32.2. The molecular formula is C17H28BN5OSSi. The number of hydrogen-bond donors (Lipinski definition) is 0. The van der Waals surface area contributed by atoms with E-state index in [1.807, 2.05) is 23.7 Å². The molecule has 1 aliphatic rings. The molecule has 0 saturated carbocycles. The maximum absolute atomic E-state index is 5.83. The van der Waals surface area contributed by atoms with Gasteiger partial charge in [0.25, 0.3) is 0 Å². The highest BCUT2D eigenvalue weighted by Gasteiger charge is 2.24. The van der Waals surface area contributed by atoms with Crippen LogP contribution >= 0.6 is 11.8 Å². The summed E-state index contributed by atoms with van der Waals surface area (Å²) in [5.41, 5.74) is 3.19. The van der Waals surface area contributed by atoms with Crippen LogP contribution in [0.2, 0.25) is 32.5 Å². The molecule has 0 fully saturated rings. The molecule has 0 aliphatic carbocycles. The number of thioether (sulfide) groups is 1. The Morgan fingerprint density at radius 3 is 2.88 bits per heavy atom. The predicted molar refractivity (Wildman–Crippen MR) is 114 cm³/mol. The molecule has 0 saturated heterocycles. The van der Waals surface area contributed by atoms with Crippen molar-refractivity contribution < 1.29 is 4.74 Å². The molecule has 3 heterocycles. The second-order valence-corrected chi connectivity index (χ2v) is 14.3. The Balaban J connectivity index is 1.67. The molecule has 0 spiro atoms. The van der Waals surface area contributed by atoms with Crippen LogP contribution in [0.4, 0.5) is 0 Å². The van der Waals surface area contributed by atoms with E-state index in [1.54, 1.807) is 11.8 Å². The van der Waals surface area contributed by atoms with E-state index in [1.165, 1.54) is 11.7 Å². The number of ether oxygens (including phenoxy) is 1. The van der Waals surface area contributed by atoms with Gasteiger partial charge in [-0.1, -0.05) is 26.5 Å². The molecule has 0 bridgehead atoms. The lowest BCUT2D eigenvalue weighted by Gasteiger charge is -2.19. The summed E-state index contributed by atoms with van der Waals surface area (Å²) in [5.74, 6) is 0.229. The van der Waals surface area contributed by atoms with Crippen molar-refractivity contribution in [2.45, 2.75) is 43.5 Å². The molecule has 1 atom stereocenters. The Morgan fingerprint density at radius 1 is 1.38 bits per heavy atom. The van der Waals surface area contributed by atoms with Crippen LogP contribution in [-0.2, 0) is 4.74 Å². The maximum atomic E-state index is 5.83. The summed E-state index contributed by atoms with van der Waals surface area (Å²) < 4.78 is 8.02. The first-order valence-corrected chi connectivity index (χ1v) is 14.1. The monoisotopic (exact) mass is 389 g/mol. The highest BCUT2D eigenvalue weighted by molar-refractivity contribution is 7.98. The van der Waals surface area contributed by atoms with Crippen molar-refractivity contribution in [1.82, 2.24) is 19.4 Å². The molecule has 0 N–H and O–H groups in total. The van der Waals surface area contributed by atoms with Crippen molar-refractivity contribution in [3.63, 3.8) is 0 Å². The average molecular weight is 389 g/mol. The molecule has 0 aromatic carbocycles. The highest BCUT2D eigenvalue weighted by Crippen LogP contribution is 2.24. The van der Waals surface area contributed by atoms with Crippen LogP contribution < -0.4 is 5.59 Å². The lowest BCUT2D eigenvalue weighted by molar-refractivity contribution is 0.0418. The molecular weight excluding hydrogens is 361 g/mol. The molecule has 2 aromatic rings. The quantitative estimate of drug-likeness (QED) is 0.394. The number of imidazole rings is 1. The van der Waals surface area contributed by atoms with Gasteiger partial charge in [0.1, 0.15) is 11.8 Å². The number of nitrogens with zero attached hydrogens (tertiary/aromatic N) is 5. The van der Waals surface area contributed by atoms with Gasteiger partial charge in [-0.05, 0) is 12.3 Å². The topological polar surface area (TPSA) is 55.0 Å². The summed E-state index contributed by atoms with van der Waals surface area (Å²) >= 11 is 1.64. The second-order valence-electron chi connectivity index (χ2n) is 7.88. The predicted octanol–water partition coefficient (Wildman–Crippen LogP) is 2.26. The van der Waals surface area contributed by atoms with Gasteiger partial charge in [-0.25, -0.2) is 4.98 Å². The molecule has 1 unspecified atom stereocenters. The fourth-order valence-electron chi connectivity index (χ4n) is 2.91. The van der Waals surface area contributed by atoms with Crippen molar-refractivity contribution in [2.24, 2.45) is 5.10 Å². The van der Waals surface area contributed by atoms with E-state index < -0.39 is 8.07 Å². The van der Waals surface area contributed by atoms with Gasteiger partial charge < -0.3 is 9.14 Å². The van der Waals surface area contributed by atoms with Crippen molar-refractivity contribution in [3.05, 3.63) is 18.1 Å². The van der Waals surface area contributed by atoms with Crippen LogP contribution in [0.5, 0.6) is 0 Å². The lowest BCUT2D eigenvalue weighted by atomic mass is 9.78. The van der Waals surface area contributed by atoms with Crippen molar-refractivity contribution in [2.75, 3.05) is 26.1 Å². The Kier molecular flexibility index (Phi) is 6.09. The SMILES string of the molecule is CBc1cn2c(C3C=NN(COCC[Si](C)(C)C)C3)cnc2c(SC)n1. The van der Waals surface area contributed by atoms with Crippen LogP contribution in [0.15, 0.2) is 22.5 Å². The van der Waals surface area contributed by atoms with E-state index in [9.17, 15) is 0 Å². The van der Waals surface area contributed by atoms with Crippen LogP contribution in [0.3, 0.4) is 0 Å². The first-order chi connectivity index (χ1) is 12.4. The first kappa shape index (κ1) is 19.4. The zero-order valence-electron chi connectivity index (χ0n) is 16.4. The summed E-state index contributed by atoms with van der Waals surface area (Å²) in [7, 11) is -0.128. The van der Waals surface area contributed by atoms with Crippen LogP contribution in [0, 0.1) is 0 Å². The summed E-state index contributed by atoms with van der Waals surface area (Å²) in [4.78, 5) is 9.29. The van der Waals surface area contributed by atoms with E-state index in [-0.39, 0.29) is 5.92 Å². The third kappa shape index (κ3) is 4.50. The molecule has 140 valence electrons. The summed E-state index contributed by atoms with van der Waals surface area (Å²) in [6.45, 7) is 11.5. The maximum Gasteiger partial charge on any atom is 0.181 e. The molecule has 0 amide bonds. The van der Waals surface area contributed by atoms with Gasteiger partial charge >= 0.3 is 0 Å². The second kappa shape index (κ2) is 8.14. The first-order valence-electron chi connectivity index (χ1n) is 9.19. The van der Waals surface area contributed by atoms with E-state index in [0.717, 1.165) is 36.7 Å². The largest absolute Gasteiger partial charge is 0.360 e. The Bertz CT molecular complexity index is 791. The van der Waals surface area contributed by atoms with Crippen LogP contribution in [0.25, 0.3) is 5.65 Å². The minimum absolute atomic E-state index is 0.229.